The fraction of sp³-hybridized carbons (Fsp3) is 0.417. The van der Waals surface area contributed by atoms with Gasteiger partial charge in [0.05, 0.1) is 19.3 Å². The van der Waals surface area contributed by atoms with Crippen LogP contribution < -0.4 is 10.6 Å². The van der Waals surface area contributed by atoms with Crippen LogP contribution in [0.15, 0.2) is 54.6 Å². The van der Waals surface area contributed by atoms with Crippen LogP contribution in [0.5, 0.6) is 0 Å². The summed E-state index contributed by atoms with van der Waals surface area (Å²) in [6.45, 7) is 9.26. The Morgan fingerprint density at radius 1 is 1.03 bits per heavy atom. The third-order valence-electron chi connectivity index (χ3n) is 4.84. The lowest BCUT2D eigenvalue weighted by molar-refractivity contribution is 0.0332. The lowest BCUT2D eigenvalue weighted by Crippen LogP contribution is -2.43. The van der Waals surface area contributed by atoms with Crippen molar-refractivity contribution in [2.45, 2.75) is 32.4 Å². The second kappa shape index (κ2) is 10.4. The highest BCUT2D eigenvalue weighted by atomic mass is 16.6. The molecule has 1 unspecified atom stereocenters. The van der Waals surface area contributed by atoms with Gasteiger partial charge in [-0.3, -0.25) is 15.0 Å². The Morgan fingerprint density at radius 2 is 1.68 bits per heavy atom. The summed E-state index contributed by atoms with van der Waals surface area (Å²) < 4.78 is 10.7. The van der Waals surface area contributed by atoms with Gasteiger partial charge in [-0.05, 0) is 50.6 Å². The second-order valence-corrected chi connectivity index (χ2v) is 8.55. The van der Waals surface area contributed by atoms with Gasteiger partial charge in [0.1, 0.15) is 5.60 Å². The van der Waals surface area contributed by atoms with Crippen molar-refractivity contribution in [1.82, 2.24) is 10.2 Å². The van der Waals surface area contributed by atoms with Gasteiger partial charge in [0.25, 0.3) is 5.91 Å². The number of hydrogen-bond donors (Lipinski definition) is 2. The lowest BCUT2D eigenvalue weighted by Gasteiger charge is -2.31. The summed E-state index contributed by atoms with van der Waals surface area (Å²) in [5, 5.41) is 5.83. The number of morpholine rings is 1. The van der Waals surface area contributed by atoms with E-state index < -0.39 is 11.7 Å². The molecule has 31 heavy (non-hydrogen) atoms. The molecule has 7 heteroatoms. The van der Waals surface area contributed by atoms with Crippen LogP contribution in [-0.2, 0) is 9.47 Å². The largest absolute Gasteiger partial charge is 0.444 e. The van der Waals surface area contributed by atoms with E-state index in [1.54, 1.807) is 45.0 Å². The maximum Gasteiger partial charge on any atom is 0.412 e. The third kappa shape index (κ3) is 7.38. The number of amides is 2. The summed E-state index contributed by atoms with van der Waals surface area (Å²) in [7, 11) is 0. The van der Waals surface area contributed by atoms with E-state index in [2.05, 4.69) is 15.5 Å². The van der Waals surface area contributed by atoms with Crippen LogP contribution in [0.4, 0.5) is 10.5 Å². The van der Waals surface area contributed by atoms with Crippen LogP contribution in [0.25, 0.3) is 0 Å². The number of nitrogens with zero attached hydrogens (tertiary/aromatic N) is 1. The Hall–Kier alpha value is -2.90. The van der Waals surface area contributed by atoms with Gasteiger partial charge in [0.15, 0.2) is 0 Å². The van der Waals surface area contributed by atoms with Crippen LogP contribution in [0.3, 0.4) is 0 Å². The van der Waals surface area contributed by atoms with Gasteiger partial charge in [-0.25, -0.2) is 4.79 Å². The zero-order valence-corrected chi connectivity index (χ0v) is 18.4. The van der Waals surface area contributed by atoms with Crippen molar-refractivity contribution >= 4 is 17.7 Å². The number of ether oxygens (including phenoxy) is 2. The van der Waals surface area contributed by atoms with Gasteiger partial charge in [-0.1, -0.05) is 30.3 Å². The topological polar surface area (TPSA) is 79.9 Å². The molecule has 2 aromatic rings. The van der Waals surface area contributed by atoms with Crippen molar-refractivity contribution in [2.24, 2.45) is 0 Å². The Bertz CT molecular complexity index is 857. The minimum absolute atomic E-state index is 0.133. The molecule has 0 bridgehead atoms. The van der Waals surface area contributed by atoms with Gasteiger partial charge in [0, 0.05) is 30.9 Å². The number of carbonyl (C=O) groups is 2. The number of carbonyl (C=O) groups excluding carboxylic acids is 2. The normalized spacial score (nSPS) is 15.7. The first kappa shape index (κ1) is 22.8. The summed E-state index contributed by atoms with van der Waals surface area (Å²) in [4.78, 5) is 27.1. The van der Waals surface area contributed by atoms with Crippen LogP contribution in [-0.4, -0.2) is 55.3 Å². The first-order valence-electron chi connectivity index (χ1n) is 10.6. The molecule has 2 N–H and O–H groups in total. The zero-order valence-electron chi connectivity index (χ0n) is 18.4. The number of anilines is 1. The molecule has 166 valence electrons. The minimum atomic E-state index is -0.573. The molecule has 1 heterocycles. The van der Waals surface area contributed by atoms with E-state index in [1.807, 2.05) is 30.3 Å². The molecular weight excluding hydrogens is 394 g/mol. The molecule has 2 aromatic carbocycles. The highest BCUT2D eigenvalue weighted by molar-refractivity contribution is 5.95. The zero-order chi connectivity index (χ0) is 22.3. The fourth-order valence-corrected chi connectivity index (χ4v) is 3.33. The number of hydrogen-bond acceptors (Lipinski definition) is 5. The summed E-state index contributed by atoms with van der Waals surface area (Å²) in [5.41, 5.74) is 1.58. The van der Waals surface area contributed by atoms with Gasteiger partial charge in [-0.15, -0.1) is 0 Å². The first-order valence-corrected chi connectivity index (χ1v) is 10.6. The average Bonchev–Trinajstić information content (AvgIpc) is 2.74. The molecule has 3 rings (SSSR count). The Morgan fingerprint density at radius 3 is 2.29 bits per heavy atom. The number of nitrogens with one attached hydrogen (secondary N) is 2. The van der Waals surface area contributed by atoms with E-state index in [1.165, 1.54) is 0 Å². The number of benzene rings is 2. The summed E-state index contributed by atoms with van der Waals surface area (Å²) >= 11 is 0. The predicted octanol–water partition coefficient (Wildman–Crippen LogP) is 3.84. The summed E-state index contributed by atoms with van der Waals surface area (Å²) in [6, 6.07) is 16.6. The van der Waals surface area contributed by atoms with Crippen molar-refractivity contribution in [3.8, 4) is 0 Å². The van der Waals surface area contributed by atoms with E-state index in [0.717, 1.165) is 25.2 Å². The van der Waals surface area contributed by atoms with Gasteiger partial charge in [0.2, 0.25) is 0 Å². The fourth-order valence-electron chi connectivity index (χ4n) is 3.33. The second-order valence-electron chi connectivity index (χ2n) is 8.55. The van der Waals surface area contributed by atoms with E-state index in [-0.39, 0.29) is 11.9 Å². The van der Waals surface area contributed by atoms with Crippen LogP contribution in [0, 0.1) is 0 Å². The van der Waals surface area contributed by atoms with Crippen molar-refractivity contribution in [2.75, 3.05) is 38.2 Å². The molecule has 1 fully saturated rings. The maximum atomic E-state index is 12.9. The number of rotatable bonds is 6. The standard InChI is InChI=1S/C24H31N3O4/c1-24(2,3)31-23(29)25-20-11-9-19(10-12-20)22(28)26-21(18-7-5-4-6-8-18)17-27-13-15-30-16-14-27/h4-12,21H,13-17H2,1-3H3,(H,25,29)(H,26,28). The van der Waals surface area contributed by atoms with Gasteiger partial charge < -0.3 is 14.8 Å². The molecule has 0 aromatic heterocycles. The molecule has 1 saturated heterocycles. The SMILES string of the molecule is CC(C)(C)OC(=O)Nc1ccc(C(=O)NC(CN2CCOCC2)c2ccccc2)cc1. The lowest BCUT2D eigenvalue weighted by atomic mass is 10.1. The van der Waals surface area contributed by atoms with E-state index in [0.29, 0.717) is 24.5 Å². The first-order chi connectivity index (χ1) is 14.8. The Labute approximate surface area is 183 Å². The minimum Gasteiger partial charge on any atom is -0.444 e. The van der Waals surface area contributed by atoms with Gasteiger partial charge in [-0.2, -0.15) is 0 Å². The molecule has 1 aliphatic rings. The molecule has 0 radical (unpaired) electrons. The molecule has 0 aliphatic carbocycles. The van der Waals surface area contributed by atoms with E-state index >= 15 is 0 Å². The quantitative estimate of drug-likeness (QED) is 0.735. The molecular formula is C24H31N3O4. The molecule has 1 atom stereocenters. The average molecular weight is 426 g/mol. The molecule has 1 aliphatic heterocycles. The van der Waals surface area contributed by atoms with E-state index in [4.69, 9.17) is 9.47 Å². The van der Waals surface area contributed by atoms with Gasteiger partial charge >= 0.3 is 6.09 Å². The predicted molar refractivity (Wildman–Crippen MR) is 120 cm³/mol. The van der Waals surface area contributed by atoms with Crippen molar-refractivity contribution in [1.29, 1.82) is 0 Å². The third-order valence-corrected chi connectivity index (χ3v) is 4.84. The Balaban J connectivity index is 1.64. The van der Waals surface area contributed by atoms with Crippen LogP contribution >= 0.6 is 0 Å². The molecule has 7 nitrogen and oxygen atoms in total. The Kier molecular flexibility index (Phi) is 7.65. The molecule has 2 amide bonds. The summed E-state index contributed by atoms with van der Waals surface area (Å²) in [6.07, 6.45) is -0.528. The highest BCUT2D eigenvalue weighted by Crippen LogP contribution is 2.18. The maximum absolute atomic E-state index is 12.9. The smallest absolute Gasteiger partial charge is 0.412 e. The van der Waals surface area contributed by atoms with Crippen LogP contribution in [0.2, 0.25) is 0 Å². The molecule has 0 saturated carbocycles. The monoisotopic (exact) mass is 425 g/mol. The van der Waals surface area contributed by atoms with Crippen LogP contribution in [0.1, 0.15) is 42.7 Å². The molecule has 0 spiro atoms. The van der Waals surface area contributed by atoms with E-state index in [9.17, 15) is 9.59 Å². The highest BCUT2D eigenvalue weighted by Gasteiger charge is 2.21. The summed E-state index contributed by atoms with van der Waals surface area (Å²) in [5.74, 6) is -0.161. The van der Waals surface area contributed by atoms with Crippen molar-refractivity contribution < 1.29 is 19.1 Å². The van der Waals surface area contributed by atoms with Crippen molar-refractivity contribution in [3.05, 3.63) is 65.7 Å². The van der Waals surface area contributed by atoms with Crippen molar-refractivity contribution in [3.63, 3.8) is 0 Å².